The Kier molecular flexibility index (Phi) is 4.60. The molecule has 1 aromatic carbocycles. The summed E-state index contributed by atoms with van der Waals surface area (Å²) in [5.74, 6) is -0.946. The molecule has 1 atom stereocenters. The van der Waals surface area contributed by atoms with Crippen molar-refractivity contribution in [2.75, 3.05) is 32.9 Å². The summed E-state index contributed by atoms with van der Waals surface area (Å²) < 4.78 is 39.6. The molecule has 1 saturated heterocycles. The second kappa shape index (κ2) is 6.20. The van der Waals surface area contributed by atoms with E-state index in [1.54, 1.807) is 0 Å². The van der Waals surface area contributed by atoms with Crippen LogP contribution in [-0.2, 0) is 0 Å². The molecule has 0 amide bonds. The second-order valence-corrected chi connectivity index (χ2v) is 4.45. The van der Waals surface area contributed by atoms with Crippen LogP contribution in [0.3, 0.4) is 0 Å². The van der Waals surface area contributed by atoms with Crippen molar-refractivity contribution in [3.05, 3.63) is 35.4 Å². The molecule has 2 rings (SSSR count). The van der Waals surface area contributed by atoms with E-state index in [2.05, 4.69) is 5.32 Å². The van der Waals surface area contributed by atoms with Gasteiger partial charge in [-0.1, -0.05) is 0 Å². The molecular formula is C13H17F3N2. The number of rotatable bonds is 4. The quantitative estimate of drug-likeness (QED) is 0.891. The van der Waals surface area contributed by atoms with Crippen molar-refractivity contribution in [2.45, 2.75) is 12.5 Å². The Balaban J connectivity index is 2.24. The van der Waals surface area contributed by atoms with E-state index in [4.69, 9.17) is 0 Å². The third kappa shape index (κ3) is 3.03. The summed E-state index contributed by atoms with van der Waals surface area (Å²) in [6.45, 7) is 2.49. The number of alkyl halides is 1. The lowest BCUT2D eigenvalue weighted by Gasteiger charge is -2.35. The number of halogens is 3. The lowest BCUT2D eigenvalue weighted by atomic mass is 10.0. The Morgan fingerprint density at radius 2 is 1.94 bits per heavy atom. The van der Waals surface area contributed by atoms with Crippen LogP contribution < -0.4 is 5.32 Å². The molecule has 0 unspecified atom stereocenters. The van der Waals surface area contributed by atoms with Gasteiger partial charge in [-0.25, -0.2) is 8.78 Å². The minimum absolute atomic E-state index is 0.195. The Bertz CT molecular complexity index is 392. The maximum absolute atomic E-state index is 13.8. The molecule has 0 aliphatic carbocycles. The number of hydrogen-bond acceptors (Lipinski definition) is 2. The highest BCUT2D eigenvalue weighted by Gasteiger charge is 2.24. The average Bonchev–Trinajstić information content (AvgIpc) is 2.40. The van der Waals surface area contributed by atoms with Crippen molar-refractivity contribution in [1.82, 2.24) is 10.2 Å². The molecular weight excluding hydrogens is 241 g/mol. The maximum atomic E-state index is 13.8. The first-order valence-corrected chi connectivity index (χ1v) is 6.18. The maximum Gasteiger partial charge on any atom is 0.128 e. The Morgan fingerprint density at radius 3 is 2.61 bits per heavy atom. The van der Waals surface area contributed by atoms with Gasteiger partial charge in [-0.2, -0.15) is 0 Å². The first-order valence-electron chi connectivity index (χ1n) is 6.18. The van der Waals surface area contributed by atoms with Gasteiger partial charge in [-0.05, 0) is 24.6 Å². The van der Waals surface area contributed by atoms with Crippen LogP contribution in [0.15, 0.2) is 18.2 Å². The van der Waals surface area contributed by atoms with Crippen LogP contribution in [0.5, 0.6) is 0 Å². The number of benzene rings is 1. The molecule has 18 heavy (non-hydrogen) atoms. The van der Waals surface area contributed by atoms with Gasteiger partial charge < -0.3 is 5.32 Å². The zero-order valence-corrected chi connectivity index (χ0v) is 10.1. The molecule has 1 heterocycles. The molecule has 100 valence electrons. The predicted molar refractivity (Wildman–Crippen MR) is 64.1 cm³/mol. The molecule has 2 nitrogen and oxygen atoms in total. The standard InChI is InChI=1S/C13H17F3N2/c14-4-3-13(18-7-5-17-6-8-18)11-9-10(15)1-2-12(11)16/h1-2,9,13,17H,3-8H2/t13-/m1/s1. The van der Waals surface area contributed by atoms with Gasteiger partial charge in [0.05, 0.1) is 6.67 Å². The summed E-state index contributed by atoms with van der Waals surface area (Å²) in [5.41, 5.74) is 0.259. The number of piperazine rings is 1. The third-order valence-corrected chi connectivity index (χ3v) is 3.29. The molecule has 1 fully saturated rings. The molecule has 0 bridgehead atoms. The number of hydrogen-bond donors (Lipinski definition) is 1. The van der Waals surface area contributed by atoms with Crippen molar-refractivity contribution >= 4 is 0 Å². The smallest absolute Gasteiger partial charge is 0.128 e. The molecule has 0 aromatic heterocycles. The summed E-state index contributed by atoms with van der Waals surface area (Å²) in [6.07, 6.45) is 0.195. The Labute approximate surface area is 105 Å². The van der Waals surface area contributed by atoms with E-state index in [9.17, 15) is 13.2 Å². The Hall–Kier alpha value is -1.07. The fraction of sp³-hybridized carbons (Fsp3) is 0.538. The molecule has 1 aliphatic heterocycles. The Morgan fingerprint density at radius 1 is 1.22 bits per heavy atom. The van der Waals surface area contributed by atoms with Gasteiger partial charge in [0.25, 0.3) is 0 Å². The van der Waals surface area contributed by atoms with E-state index < -0.39 is 18.3 Å². The molecule has 1 aliphatic rings. The zero-order chi connectivity index (χ0) is 13.0. The summed E-state index contributed by atoms with van der Waals surface area (Å²) in [5, 5.41) is 3.19. The van der Waals surface area contributed by atoms with Crippen molar-refractivity contribution in [2.24, 2.45) is 0 Å². The highest BCUT2D eigenvalue weighted by Crippen LogP contribution is 2.27. The van der Waals surface area contributed by atoms with E-state index in [0.717, 1.165) is 38.3 Å². The summed E-state index contributed by atoms with van der Waals surface area (Å²) in [6, 6.07) is 2.99. The number of nitrogens with one attached hydrogen (secondary N) is 1. The SMILES string of the molecule is FCC[C@H](c1cc(F)ccc1F)N1CCNCC1. The van der Waals surface area contributed by atoms with E-state index >= 15 is 0 Å². The minimum Gasteiger partial charge on any atom is -0.314 e. The molecule has 0 saturated carbocycles. The van der Waals surface area contributed by atoms with Crippen LogP contribution in [-0.4, -0.2) is 37.8 Å². The molecule has 1 N–H and O–H groups in total. The monoisotopic (exact) mass is 258 g/mol. The van der Waals surface area contributed by atoms with Gasteiger partial charge in [0, 0.05) is 37.8 Å². The van der Waals surface area contributed by atoms with Crippen molar-refractivity contribution in [1.29, 1.82) is 0 Å². The molecule has 5 heteroatoms. The fourth-order valence-corrected chi connectivity index (χ4v) is 2.40. The van der Waals surface area contributed by atoms with Crippen molar-refractivity contribution in [3.63, 3.8) is 0 Å². The minimum atomic E-state index is -0.537. The summed E-state index contributed by atoms with van der Waals surface area (Å²) in [7, 11) is 0. The van der Waals surface area contributed by atoms with Crippen LogP contribution in [0, 0.1) is 11.6 Å². The number of nitrogens with zero attached hydrogens (tertiary/aromatic N) is 1. The van der Waals surface area contributed by atoms with Gasteiger partial charge in [0.1, 0.15) is 11.6 Å². The lowest BCUT2D eigenvalue weighted by Crippen LogP contribution is -2.45. The lowest BCUT2D eigenvalue weighted by molar-refractivity contribution is 0.154. The highest BCUT2D eigenvalue weighted by molar-refractivity contribution is 5.22. The van der Waals surface area contributed by atoms with Gasteiger partial charge in [0.15, 0.2) is 0 Å². The second-order valence-electron chi connectivity index (χ2n) is 4.45. The van der Waals surface area contributed by atoms with Gasteiger partial charge >= 0.3 is 0 Å². The average molecular weight is 258 g/mol. The van der Waals surface area contributed by atoms with E-state index in [1.165, 1.54) is 6.07 Å². The third-order valence-electron chi connectivity index (χ3n) is 3.29. The van der Waals surface area contributed by atoms with Gasteiger partial charge in [-0.3, -0.25) is 9.29 Å². The summed E-state index contributed by atoms with van der Waals surface area (Å²) >= 11 is 0. The predicted octanol–water partition coefficient (Wildman–Crippen LogP) is 2.27. The normalized spacial score (nSPS) is 18.8. The van der Waals surface area contributed by atoms with Gasteiger partial charge in [-0.15, -0.1) is 0 Å². The van der Waals surface area contributed by atoms with E-state index in [1.807, 2.05) is 4.90 Å². The van der Waals surface area contributed by atoms with Gasteiger partial charge in [0.2, 0.25) is 0 Å². The van der Waals surface area contributed by atoms with Crippen molar-refractivity contribution in [3.8, 4) is 0 Å². The van der Waals surface area contributed by atoms with Crippen LogP contribution in [0.2, 0.25) is 0 Å². The topological polar surface area (TPSA) is 15.3 Å². The van der Waals surface area contributed by atoms with Crippen LogP contribution in [0.25, 0.3) is 0 Å². The van der Waals surface area contributed by atoms with Crippen LogP contribution in [0.4, 0.5) is 13.2 Å². The van der Waals surface area contributed by atoms with E-state index in [0.29, 0.717) is 0 Å². The molecule has 0 radical (unpaired) electrons. The molecule has 1 aromatic rings. The fourth-order valence-electron chi connectivity index (χ4n) is 2.40. The molecule has 0 spiro atoms. The van der Waals surface area contributed by atoms with Crippen molar-refractivity contribution < 1.29 is 13.2 Å². The zero-order valence-electron chi connectivity index (χ0n) is 10.1. The highest BCUT2D eigenvalue weighted by atomic mass is 19.1. The first kappa shape index (κ1) is 13.4. The first-order chi connectivity index (χ1) is 8.72. The van der Waals surface area contributed by atoms with Crippen LogP contribution >= 0.6 is 0 Å². The van der Waals surface area contributed by atoms with Crippen LogP contribution in [0.1, 0.15) is 18.0 Å². The van der Waals surface area contributed by atoms with E-state index in [-0.39, 0.29) is 18.0 Å². The largest absolute Gasteiger partial charge is 0.314 e. The summed E-state index contributed by atoms with van der Waals surface area (Å²) in [4.78, 5) is 2.01.